The Hall–Kier alpha value is -2.30. The molecule has 1 unspecified atom stereocenters. The van der Waals surface area contributed by atoms with Crippen LogP contribution in [-0.4, -0.2) is 22.0 Å². The number of fused-ring (bicyclic) bond motifs is 1. The van der Waals surface area contributed by atoms with Crippen LogP contribution >= 0.6 is 0 Å². The van der Waals surface area contributed by atoms with Crippen LogP contribution < -0.4 is 10.6 Å². The first-order valence-corrected chi connectivity index (χ1v) is 6.32. The molecule has 1 aliphatic heterocycles. The largest absolute Gasteiger partial charge is 0.384 e. The van der Waals surface area contributed by atoms with Crippen LogP contribution in [0.2, 0.25) is 0 Å². The molecule has 1 amide bonds. The Morgan fingerprint density at radius 2 is 2.37 bits per heavy atom. The number of carbonyl (C=O) groups excluding carboxylic acids is 1. The van der Waals surface area contributed by atoms with E-state index in [2.05, 4.69) is 15.6 Å². The molecule has 2 heterocycles. The first-order valence-electron chi connectivity index (χ1n) is 6.32. The maximum atomic E-state index is 12.2. The highest BCUT2D eigenvalue weighted by atomic mass is 16.1. The van der Waals surface area contributed by atoms with Gasteiger partial charge in [-0.1, -0.05) is 18.2 Å². The Morgan fingerprint density at radius 1 is 1.53 bits per heavy atom. The van der Waals surface area contributed by atoms with E-state index in [9.17, 15) is 4.79 Å². The highest BCUT2D eigenvalue weighted by molar-refractivity contribution is 5.88. The van der Waals surface area contributed by atoms with E-state index in [4.69, 9.17) is 0 Å². The fourth-order valence-corrected chi connectivity index (χ4v) is 2.37. The number of rotatable bonds is 3. The second kappa shape index (κ2) is 4.76. The van der Waals surface area contributed by atoms with Gasteiger partial charge in [-0.25, -0.2) is 4.98 Å². The van der Waals surface area contributed by atoms with Crippen LogP contribution in [0.4, 0.5) is 5.69 Å². The SMILES string of the molecule is Cn1ccnc1CNC(=O)C1CNc2ccccc21. The van der Waals surface area contributed by atoms with Gasteiger partial charge in [-0.2, -0.15) is 0 Å². The number of aryl methyl sites for hydroxylation is 1. The van der Waals surface area contributed by atoms with Gasteiger partial charge in [0.05, 0.1) is 12.5 Å². The van der Waals surface area contributed by atoms with Crippen molar-refractivity contribution in [3.05, 3.63) is 48.0 Å². The number of benzene rings is 1. The molecule has 19 heavy (non-hydrogen) atoms. The zero-order valence-corrected chi connectivity index (χ0v) is 10.8. The minimum Gasteiger partial charge on any atom is -0.384 e. The average Bonchev–Trinajstić information content (AvgIpc) is 3.02. The van der Waals surface area contributed by atoms with E-state index >= 15 is 0 Å². The van der Waals surface area contributed by atoms with Gasteiger partial charge in [-0.15, -0.1) is 0 Å². The van der Waals surface area contributed by atoms with Crippen molar-refractivity contribution in [1.82, 2.24) is 14.9 Å². The number of aromatic nitrogens is 2. The standard InChI is InChI=1S/C14H16N4O/c1-18-7-6-15-13(18)9-17-14(19)11-8-16-12-5-3-2-4-10(11)12/h2-7,11,16H,8-9H2,1H3,(H,17,19). The lowest BCUT2D eigenvalue weighted by Gasteiger charge is -2.11. The molecule has 3 rings (SSSR count). The van der Waals surface area contributed by atoms with Gasteiger partial charge in [0, 0.05) is 31.7 Å². The smallest absolute Gasteiger partial charge is 0.229 e. The highest BCUT2D eigenvalue weighted by Gasteiger charge is 2.27. The van der Waals surface area contributed by atoms with Crippen molar-refractivity contribution in [3.63, 3.8) is 0 Å². The molecule has 0 spiro atoms. The summed E-state index contributed by atoms with van der Waals surface area (Å²) in [5, 5.41) is 6.20. The molecule has 0 saturated carbocycles. The van der Waals surface area contributed by atoms with Crippen LogP contribution in [0.1, 0.15) is 17.3 Å². The first-order chi connectivity index (χ1) is 9.25. The van der Waals surface area contributed by atoms with Gasteiger partial charge in [0.1, 0.15) is 5.82 Å². The van der Waals surface area contributed by atoms with E-state index in [-0.39, 0.29) is 11.8 Å². The maximum absolute atomic E-state index is 12.2. The fourth-order valence-electron chi connectivity index (χ4n) is 2.37. The van der Waals surface area contributed by atoms with E-state index in [1.807, 2.05) is 42.1 Å². The van der Waals surface area contributed by atoms with Crippen LogP contribution in [0.15, 0.2) is 36.7 Å². The summed E-state index contributed by atoms with van der Waals surface area (Å²) in [4.78, 5) is 16.4. The Labute approximate surface area is 111 Å². The Bertz CT molecular complexity index is 605. The molecule has 2 N–H and O–H groups in total. The first kappa shape index (κ1) is 11.8. The van der Waals surface area contributed by atoms with Crippen LogP contribution in [-0.2, 0) is 18.4 Å². The summed E-state index contributed by atoms with van der Waals surface area (Å²) in [6, 6.07) is 7.94. The topological polar surface area (TPSA) is 59.0 Å². The molecule has 5 heteroatoms. The molecule has 5 nitrogen and oxygen atoms in total. The number of hydrogen-bond donors (Lipinski definition) is 2. The van der Waals surface area contributed by atoms with Gasteiger partial charge >= 0.3 is 0 Å². The summed E-state index contributed by atoms with van der Waals surface area (Å²) in [5.41, 5.74) is 2.12. The van der Waals surface area contributed by atoms with Crippen molar-refractivity contribution in [2.45, 2.75) is 12.5 Å². The van der Waals surface area contributed by atoms with Gasteiger partial charge in [0.2, 0.25) is 5.91 Å². The summed E-state index contributed by atoms with van der Waals surface area (Å²) < 4.78 is 1.90. The highest BCUT2D eigenvalue weighted by Crippen LogP contribution is 2.30. The molecule has 1 atom stereocenters. The van der Waals surface area contributed by atoms with Gasteiger partial charge in [-0.05, 0) is 11.6 Å². The number of amides is 1. The van der Waals surface area contributed by atoms with Gasteiger partial charge in [-0.3, -0.25) is 4.79 Å². The molecule has 0 saturated heterocycles. The van der Waals surface area contributed by atoms with Crippen molar-refractivity contribution >= 4 is 11.6 Å². The van der Waals surface area contributed by atoms with E-state index in [1.165, 1.54) is 0 Å². The molecule has 0 fully saturated rings. The molecule has 0 bridgehead atoms. The van der Waals surface area contributed by atoms with E-state index in [1.54, 1.807) is 6.20 Å². The molecule has 0 aliphatic carbocycles. The summed E-state index contributed by atoms with van der Waals surface area (Å²) in [7, 11) is 1.92. The van der Waals surface area contributed by atoms with E-state index in [0.29, 0.717) is 13.1 Å². The molecular formula is C14H16N4O. The predicted molar refractivity (Wildman–Crippen MR) is 72.7 cm³/mol. The summed E-state index contributed by atoms with van der Waals surface area (Å²) >= 11 is 0. The van der Waals surface area contributed by atoms with Crippen LogP contribution in [0.3, 0.4) is 0 Å². The lowest BCUT2D eigenvalue weighted by molar-refractivity contribution is -0.122. The minimum atomic E-state index is -0.114. The van der Waals surface area contributed by atoms with Crippen molar-refractivity contribution in [1.29, 1.82) is 0 Å². The lowest BCUT2D eigenvalue weighted by atomic mass is 10.0. The number of para-hydroxylation sites is 1. The van der Waals surface area contributed by atoms with Crippen LogP contribution in [0.25, 0.3) is 0 Å². The maximum Gasteiger partial charge on any atom is 0.229 e. The summed E-state index contributed by atoms with van der Waals surface area (Å²) in [6.07, 6.45) is 3.60. The third-order valence-corrected chi connectivity index (χ3v) is 3.49. The third kappa shape index (κ3) is 2.19. The summed E-state index contributed by atoms with van der Waals surface area (Å²) in [6.45, 7) is 1.12. The number of nitrogens with zero attached hydrogens (tertiary/aromatic N) is 2. The van der Waals surface area contributed by atoms with Crippen molar-refractivity contribution in [2.75, 3.05) is 11.9 Å². The average molecular weight is 256 g/mol. The van der Waals surface area contributed by atoms with Crippen molar-refractivity contribution in [2.24, 2.45) is 7.05 Å². The molecule has 98 valence electrons. The molecule has 1 aromatic heterocycles. The van der Waals surface area contributed by atoms with Gasteiger partial charge in [0.15, 0.2) is 0 Å². The fraction of sp³-hybridized carbons (Fsp3) is 0.286. The Kier molecular flexibility index (Phi) is 2.95. The number of hydrogen-bond acceptors (Lipinski definition) is 3. The van der Waals surface area contributed by atoms with Gasteiger partial charge < -0.3 is 15.2 Å². The van der Waals surface area contributed by atoms with Crippen LogP contribution in [0.5, 0.6) is 0 Å². The second-order valence-electron chi connectivity index (χ2n) is 4.69. The predicted octanol–water partition coefficient (Wildman–Crippen LogP) is 1.25. The quantitative estimate of drug-likeness (QED) is 0.868. The number of carbonyl (C=O) groups is 1. The second-order valence-corrected chi connectivity index (χ2v) is 4.69. The monoisotopic (exact) mass is 256 g/mol. The zero-order chi connectivity index (χ0) is 13.2. The van der Waals surface area contributed by atoms with E-state index in [0.717, 1.165) is 17.1 Å². The molecule has 0 radical (unpaired) electrons. The summed E-state index contributed by atoms with van der Waals surface area (Å²) in [5.74, 6) is 0.782. The molecule has 1 aliphatic rings. The molecule has 1 aromatic carbocycles. The zero-order valence-electron chi connectivity index (χ0n) is 10.8. The minimum absolute atomic E-state index is 0.0421. The lowest BCUT2D eigenvalue weighted by Crippen LogP contribution is -2.30. The van der Waals surface area contributed by atoms with E-state index < -0.39 is 0 Å². The van der Waals surface area contributed by atoms with Gasteiger partial charge in [0.25, 0.3) is 0 Å². The molecule has 2 aromatic rings. The van der Waals surface area contributed by atoms with Crippen LogP contribution in [0, 0.1) is 0 Å². The Morgan fingerprint density at radius 3 is 3.16 bits per heavy atom. The van der Waals surface area contributed by atoms with Crippen molar-refractivity contribution in [3.8, 4) is 0 Å². The number of imidazole rings is 1. The number of anilines is 1. The molecular weight excluding hydrogens is 240 g/mol. The Balaban J connectivity index is 1.68. The number of nitrogens with one attached hydrogen (secondary N) is 2. The van der Waals surface area contributed by atoms with Crippen molar-refractivity contribution < 1.29 is 4.79 Å². The normalized spacial score (nSPS) is 16.8. The third-order valence-electron chi connectivity index (χ3n) is 3.49.